The van der Waals surface area contributed by atoms with Crippen molar-refractivity contribution in [2.75, 3.05) is 0 Å². The molecule has 1 aliphatic rings. The SMILES string of the molecule is Cc1ccc2c(ccn3c4cc5c(cc4nc23)C(C)(C)C(C)(C)C5(C)C)c1. The van der Waals surface area contributed by atoms with Crippen LogP contribution in [0.2, 0.25) is 0 Å². The first-order chi connectivity index (χ1) is 12.6. The van der Waals surface area contributed by atoms with Gasteiger partial charge < -0.3 is 0 Å². The Balaban J connectivity index is 1.91. The molecule has 1 aliphatic carbocycles. The molecule has 0 radical (unpaired) electrons. The summed E-state index contributed by atoms with van der Waals surface area (Å²) in [6.07, 6.45) is 2.18. The molecule has 2 aromatic carbocycles. The fraction of sp³-hybridized carbons (Fsp3) is 0.400. The minimum atomic E-state index is 0.106. The zero-order valence-corrected chi connectivity index (χ0v) is 17.4. The maximum absolute atomic E-state index is 5.07. The summed E-state index contributed by atoms with van der Waals surface area (Å²) in [6, 6.07) is 13.6. The molecule has 5 rings (SSSR count). The van der Waals surface area contributed by atoms with Gasteiger partial charge in [-0.05, 0) is 57.9 Å². The molecule has 0 fully saturated rings. The molecule has 0 amide bonds. The van der Waals surface area contributed by atoms with Crippen molar-refractivity contribution >= 4 is 27.5 Å². The van der Waals surface area contributed by atoms with Crippen LogP contribution in [-0.2, 0) is 10.8 Å². The molecule has 0 spiro atoms. The highest BCUT2D eigenvalue weighted by molar-refractivity contribution is 5.98. The van der Waals surface area contributed by atoms with E-state index in [1.165, 1.54) is 33.0 Å². The summed E-state index contributed by atoms with van der Waals surface area (Å²) in [5.41, 5.74) is 7.97. The zero-order valence-electron chi connectivity index (χ0n) is 17.4. The number of pyridine rings is 1. The van der Waals surface area contributed by atoms with Crippen molar-refractivity contribution in [1.82, 2.24) is 9.38 Å². The van der Waals surface area contributed by atoms with Crippen LogP contribution in [0.5, 0.6) is 0 Å². The third-order valence-electron chi connectivity index (χ3n) is 8.15. The van der Waals surface area contributed by atoms with Gasteiger partial charge in [0.15, 0.2) is 0 Å². The van der Waals surface area contributed by atoms with Crippen molar-refractivity contribution in [1.29, 1.82) is 0 Å². The van der Waals surface area contributed by atoms with Crippen molar-refractivity contribution in [2.45, 2.75) is 59.3 Å². The minimum absolute atomic E-state index is 0.106. The van der Waals surface area contributed by atoms with Gasteiger partial charge in [0, 0.05) is 11.6 Å². The number of imidazole rings is 1. The molecule has 0 atom stereocenters. The average Bonchev–Trinajstić information content (AvgIpc) is 3.01. The smallest absolute Gasteiger partial charge is 0.145 e. The van der Waals surface area contributed by atoms with Crippen molar-refractivity contribution in [3.8, 4) is 0 Å². The van der Waals surface area contributed by atoms with Crippen LogP contribution < -0.4 is 0 Å². The Hall–Kier alpha value is -2.35. The molecule has 4 aromatic rings. The molecule has 0 aliphatic heterocycles. The lowest BCUT2D eigenvalue weighted by Crippen LogP contribution is -2.42. The number of rotatable bonds is 0. The van der Waals surface area contributed by atoms with Crippen LogP contribution >= 0.6 is 0 Å². The van der Waals surface area contributed by atoms with Gasteiger partial charge in [-0.1, -0.05) is 65.3 Å². The summed E-state index contributed by atoms with van der Waals surface area (Å²) in [6.45, 7) is 16.5. The number of hydrogen-bond donors (Lipinski definition) is 0. The van der Waals surface area contributed by atoms with E-state index in [9.17, 15) is 0 Å². The molecule has 0 bridgehead atoms. The van der Waals surface area contributed by atoms with E-state index in [2.05, 4.69) is 95.5 Å². The lowest BCUT2D eigenvalue weighted by molar-refractivity contribution is 0.125. The van der Waals surface area contributed by atoms with Crippen LogP contribution in [0.4, 0.5) is 0 Å². The van der Waals surface area contributed by atoms with Crippen LogP contribution in [0.3, 0.4) is 0 Å². The summed E-state index contributed by atoms with van der Waals surface area (Å²) in [5, 5.41) is 2.48. The molecule has 0 saturated carbocycles. The van der Waals surface area contributed by atoms with Crippen molar-refractivity contribution in [3.63, 3.8) is 0 Å². The third-order valence-corrected chi connectivity index (χ3v) is 8.15. The summed E-state index contributed by atoms with van der Waals surface area (Å²) < 4.78 is 2.27. The number of nitrogens with zero attached hydrogens (tertiary/aromatic N) is 2. The Morgan fingerprint density at radius 1 is 0.815 bits per heavy atom. The van der Waals surface area contributed by atoms with Gasteiger partial charge in [-0.15, -0.1) is 0 Å². The predicted octanol–water partition coefficient (Wildman–Crippen LogP) is 6.54. The van der Waals surface area contributed by atoms with Crippen LogP contribution in [0.25, 0.3) is 27.5 Å². The Bertz CT molecular complexity index is 1250. The van der Waals surface area contributed by atoms with Crippen molar-refractivity contribution < 1.29 is 0 Å². The topological polar surface area (TPSA) is 17.3 Å². The summed E-state index contributed by atoms with van der Waals surface area (Å²) in [4.78, 5) is 5.07. The first-order valence-corrected chi connectivity index (χ1v) is 9.92. The van der Waals surface area contributed by atoms with Gasteiger partial charge >= 0.3 is 0 Å². The highest BCUT2D eigenvalue weighted by Gasteiger charge is 2.56. The normalized spacial score (nSPS) is 19.8. The summed E-state index contributed by atoms with van der Waals surface area (Å²) in [5.74, 6) is 0. The maximum Gasteiger partial charge on any atom is 0.145 e. The molecule has 0 unspecified atom stereocenters. The van der Waals surface area contributed by atoms with E-state index in [-0.39, 0.29) is 16.2 Å². The van der Waals surface area contributed by atoms with Gasteiger partial charge in [-0.3, -0.25) is 4.40 Å². The highest BCUT2D eigenvalue weighted by atomic mass is 15.0. The lowest BCUT2D eigenvalue weighted by atomic mass is 9.59. The Morgan fingerprint density at radius 3 is 2.19 bits per heavy atom. The number of hydrogen-bond acceptors (Lipinski definition) is 1. The molecule has 2 nitrogen and oxygen atoms in total. The van der Waals surface area contributed by atoms with E-state index in [0.717, 1.165) is 11.2 Å². The summed E-state index contributed by atoms with van der Waals surface area (Å²) >= 11 is 0. The van der Waals surface area contributed by atoms with E-state index in [0.29, 0.717) is 0 Å². The molecule has 0 saturated heterocycles. The van der Waals surface area contributed by atoms with Crippen LogP contribution in [0, 0.1) is 12.3 Å². The number of aryl methyl sites for hydroxylation is 1. The largest absolute Gasteiger partial charge is 0.299 e. The number of fused-ring (bicyclic) bond motifs is 6. The number of aromatic nitrogens is 2. The Kier molecular flexibility index (Phi) is 2.94. The van der Waals surface area contributed by atoms with E-state index < -0.39 is 0 Å². The van der Waals surface area contributed by atoms with Gasteiger partial charge in [-0.25, -0.2) is 4.98 Å². The van der Waals surface area contributed by atoms with E-state index >= 15 is 0 Å². The van der Waals surface area contributed by atoms with Crippen LogP contribution in [0.15, 0.2) is 42.6 Å². The lowest BCUT2D eigenvalue weighted by Gasteiger charge is -2.44. The molecule has 2 aromatic heterocycles. The molecule has 2 heterocycles. The van der Waals surface area contributed by atoms with Gasteiger partial charge in [-0.2, -0.15) is 0 Å². The van der Waals surface area contributed by atoms with Gasteiger partial charge in [0.25, 0.3) is 0 Å². The second-order valence-electron chi connectivity index (χ2n) is 9.97. The first-order valence-electron chi connectivity index (χ1n) is 9.92. The molecular weight excluding hydrogens is 328 g/mol. The predicted molar refractivity (Wildman–Crippen MR) is 115 cm³/mol. The maximum atomic E-state index is 5.07. The highest BCUT2D eigenvalue weighted by Crippen LogP contribution is 2.61. The molecular formula is C25H28N2. The fourth-order valence-corrected chi connectivity index (χ4v) is 5.15. The van der Waals surface area contributed by atoms with E-state index in [4.69, 9.17) is 4.98 Å². The molecule has 2 heteroatoms. The molecule has 138 valence electrons. The average molecular weight is 357 g/mol. The second-order valence-corrected chi connectivity index (χ2v) is 9.97. The van der Waals surface area contributed by atoms with Crippen LogP contribution in [0.1, 0.15) is 58.2 Å². The third kappa shape index (κ3) is 1.84. The minimum Gasteiger partial charge on any atom is -0.299 e. The quantitative estimate of drug-likeness (QED) is 0.349. The Morgan fingerprint density at radius 2 is 1.48 bits per heavy atom. The van der Waals surface area contributed by atoms with Gasteiger partial charge in [0.1, 0.15) is 5.65 Å². The standard InChI is InChI=1S/C25H28N2/c1-15-8-9-17-16(12-15)10-11-27-21-14-19-18(13-20(21)26-22(17)27)23(2,3)25(6,7)24(19,4)5/h8-14H,1-7H3. The monoisotopic (exact) mass is 356 g/mol. The van der Waals surface area contributed by atoms with Crippen molar-refractivity contribution in [2.24, 2.45) is 5.41 Å². The fourth-order valence-electron chi connectivity index (χ4n) is 5.15. The zero-order chi connectivity index (χ0) is 19.4. The Labute approximate surface area is 161 Å². The van der Waals surface area contributed by atoms with E-state index in [1.54, 1.807) is 0 Å². The van der Waals surface area contributed by atoms with Crippen molar-refractivity contribution in [3.05, 3.63) is 59.3 Å². The molecule has 27 heavy (non-hydrogen) atoms. The van der Waals surface area contributed by atoms with Crippen LogP contribution in [-0.4, -0.2) is 9.38 Å². The molecule has 0 N–H and O–H groups in total. The second kappa shape index (κ2) is 4.73. The van der Waals surface area contributed by atoms with Gasteiger partial charge in [0.2, 0.25) is 0 Å². The number of benzene rings is 2. The van der Waals surface area contributed by atoms with E-state index in [1.807, 2.05) is 0 Å². The summed E-state index contributed by atoms with van der Waals surface area (Å²) in [7, 11) is 0. The first kappa shape index (κ1) is 16.8. The van der Waals surface area contributed by atoms with Gasteiger partial charge in [0.05, 0.1) is 11.0 Å².